The van der Waals surface area contributed by atoms with Gasteiger partial charge in [0.25, 0.3) is 5.91 Å². The molecule has 2 aromatic rings. The second kappa shape index (κ2) is 4.25. The summed E-state index contributed by atoms with van der Waals surface area (Å²) in [6.45, 7) is 3.59. The number of aryl methyl sites for hydroxylation is 2. The van der Waals surface area contributed by atoms with E-state index in [1.807, 2.05) is 0 Å². The van der Waals surface area contributed by atoms with E-state index in [0.717, 1.165) is 12.0 Å². The van der Waals surface area contributed by atoms with E-state index in [1.165, 1.54) is 12.1 Å². The summed E-state index contributed by atoms with van der Waals surface area (Å²) >= 11 is 0. The maximum absolute atomic E-state index is 11.8. The number of hydrogen-bond donors (Lipinski definition) is 2. The smallest absolute Gasteiger partial charge is 0.335 e. The van der Waals surface area contributed by atoms with E-state index in [-0.39, 0.29) is 11.5 Å². The molecule has 6 nitrogen and oxygen atoms in total. The average molecular weight is 233 g/mol. The third-order valence-electron chi connectivity index (χ3n) is 2.33. The predicted molar refractivity (Wildman–Crippen MR) is 61.0 cm³/mol. The number of H-pyrrole nitrogens is 1. The highest BCUT2D eigenvalue weighted by Gasteiger charge is 2.12. The lowest BCUT2D eigenvalue weighted by molar-refractivity contribution is 0.102. The van der Waals surface area contributed by atoms with Crippen LogP contribution in [0.15, 0.2) is 27.6 Å². The zero-order valence-electron chi connectivity index (χ0n) is 9.40. The van der Waals surface area contributed by atoms with Gasteiger partial charge >= 0.3 is 5.63 Å². The molecule has 88 valence electrons. The van der Waals surface area contributed by atoms with Crippen LogP contribution in [0.5, 0.6) is 0 Å². The Bertz CT molecular complexity index is 573. The van der Waals surface area contributed by atoms with Crippen LogP contribution in [0.2, 0.25) is 0 Å². The van der Waals surface area contributed by atoms with Gasteiger partial charge in [-0.25, -0.2) is 4.79 Å². The molecule has 0 aliphatic rings. The van der Waals surface area contributed by atoms with E-state index in [9.17, 15) is 9.59 Å². The van der Waals surface area contributed by atoms with Crippen molar-refractivity contribution < 1.29 is 9.21 Å². The second-order valence-electron chi connectivity index (χ2n) is 3.61. The summed E-state index contributed by atoms with van der Waals surface area (Å²) in [4.78, 5) is 22.6. The highest BCUT2D eigenvalue weighted by molar-refractivity contribution is 6.04. The lowest BCUT2D eigenvalue weighted by Gasteiger charge is -2.03. The largest absolute Gasteiger partial charge is 0.430 e. The van der Waals surface area contributed by atoms with Crippen molar-refractivity contribution in [1.82, 2.24) is 10.2 Å². The summed E-state index contributed by atoms with van der Waals surface area (Å²) < 4.78 is 4.62. The minimum Gasteiger partial charge on any atom is -0.430 e. The average Bonchev–Trinajstić information content (AvgIpc) is 2.61. The van der Waals surface area contributed by atoms with Crippen LogP contribution in [0.3, 0.4) is 0 Å². The Balaban J connectivity index is 2.23. The number of aromatic amines is 1. The maximum Gasteiger partial charge on any atom is 0.335 e. The van der Waals surface area contributed by atoms with Crippen LogP contribution >= 0.6 is 0 Å². The predicted octanol–water partition coefficient (Wildman–Crippen LogP) is 1.23. The van der Waals surface area contributed by atoms with Gasteiger partial charge in [-0.05, 0) is 19.9 Å². The van der Waals surface area contributed by atoms with Crippen molar-refractivity contribution >= 4 is 11.6 Å². The summed E-state index contributed by atoms with van der Waals surface area (Å²) in [5.41, 5.74) is 1.91. The molecule has 17 heavy (non-hydrogen) atoms. The summed E-state index contributed by atoms with van der Waals surface area (Å²) in [5.74, 6) is -0.346. The van der Waals surface area contributed by atoms with Crippen molar-refractivity contribution in [1.29, 1.82) is 0 Å². The van der Waals surface area contributed by atoms with Gasteiger partial charge in [-0.15, -0.1) is 0 Å². The van der Waals surface area contributed by atoms with Crippen molar-refractivity contribution in [3.63, 3.8) is 0 Å². The Hall–Kier alpha value is -2.37. The number of carbonyl (C=O) groups is 1. The molecule has 6 heteroatoms. The van der Waals surface area contributed by atoms with Crippen molar-refractivity contribution in [3.8, 4) is 0 Å². The minimum absolute atomic E-state index is 0.282. The van der Waals surface area contributed by atoms with Crippen molar-refractivity contribution in [2.75, 3.05) is 5.32 Å². The SMILES string of the molecule is Cc1n[nH]c(C)c1NC(=O)c1ccc(=O)oc1. The minimum atomic E-state index is -0.489. The van der Waals surface area contributed by atoms with Crippen molar-refractivity contribution in [2.24, 2.45) is 0 Å². The molecule has 0 radical (unpaired) electrons. The first-order valence-electron chi connectivity index (χ1n) is 4.99. The van der Waals surface area contributed by atoms with Crippen LogP contribution in [-0.4, -0.2) is 16.1 Å². The van der Waals surface area contributed by atoms with Crippen molar-refractivity contribution in [3.05, 3.63) is 45.8 Å². The Morgan fingerprint density at radius 1 is 1.41 bits per heavy atom. The standard InChI is InChI=1S/C11H11N3O3/c1-6-10(7(2)14-13-6)12-11(16)8-3-4-9(15)17-5-8/h3-5H,1-2H3,(H,12,16)(H,13,14). The zero-order chi connectivity index (χ0) is 12.4. The van der Waals surface area contributed by atoms with Crippen LogP contribution in [0, 0.1) is 13.8 Å². The molecule has 0 bridgehead atoms. The quantitative estimate of drug-likeness (QED) is 0.816. The third-order valence-corrected chi connectivity index (χ3v) is 2.33. The van der Waals surface area contributed by atoms with Crippen LogP contribution in [0.25, 0.3) is 0 Å². The molecule has 2 rings (SSSR count). The fourth-order valence-electron chi connectivity index (χ4n) is 1.41. The Labute approximate surface area is 96.7 Å². The fraction of sp³-hybridized carbons (Fsp3) is 0.182. The van der Waals surface area contributed by atoms with Crippen LogP contribution in [0.4, 0.5) is 5.69 Å². The highest BCUT2D eigenvalue weighted by Crippen LogP contribution is 2.16. The van der Waals surface area contributed by atoms with E-state index in [1.54, 1.807) is 13.8 Å². The number of carbonyl (C=O) groups excluding carboxylic acids is 1. The van der Waals surface area contributed by atoms with Gasteiger partial charge in [-0.2, -0.15) is 5.10 Å². The molecule has 0 unspecified atom stereocenters. The number of nitrogens with one attached hydrogen (secondary N) is 2. The molecule has 0 atom stereocenters. The molecule has 0 saturated heterocycles. The summed E-state index contributed by atoms with van der Waals surface area (Å²) in [5, 5.41) is 9.43. The second-order valence-corrected chi connectivity index (χ2v) is 3.61. The van der Waals surface area contributed by atoms with Gasteiger partial charge in [0, 0.05) is 6.07 Å². The Morgan fingerprint density at radius 3 is 2.71 bits per heavy atom. The lowest BCUT2D eigenvalue weighted by Crippen LogP contribution is -2.13. The lowest BCUT2D eigenvalue weighted by atomic mass is 10.2. The molecule has 2 aromatic heterocycles. The molecule has 0 aromatic carbocycles. The zero-order valence-corrected chi connectivity index (χ0v) is 9.40. The van der Waals surface area contributed by atoms with Crippen LogP contribution in [0.1, 0.15) is 21.7 Å². The van der Waals surface area contributed by atoms with Gasteiger partial charge in [0.05, 0.1) is 22.6 Å². The van der Waals surface area contributed by atoms with Gasteiger partial charge < -0.3 is 9.73 Å². The number of aromatic nitrogens is 2. The van der Waals surface area contributed by atoms with Crippen molar-refractivity contribution in [2.45, 2.75) is 13.8 Å². The summed E-state index contributed by atoms with van der Waals surface area (Å²) in [7, 11) is 0. The molecule has 0 spiro atoms. The normalized spacial score (nSPS) is 10.2. The maximum atomic E-state index is 11.8. The first-order chi connectivity index (χ1) is 8.08. The van der Waals surface area contributed by atoms with E-state index in [4.69, 9.17) is 0 Å². The van der Waals surface area contributed by atoms with Gasteiger partial charge in [0.15, 0.2) is 0 Å². The van der Waals surface area contributed by atoms with E-state index in [2.05, 4.69) is 19.9 Å². The van der Waals surface area contributed by atoms with Gasteiger partial charge in [-0.3, -0.25) is 9.89 Å². The van der Waals surface area contributed by atoms with Gasteiger partial charge in [0.2, 0.25) is 0 Å². The molecule has 2 N–H and O–H groups in total. The molecular weight excluding hydrogens is 222 g/mol. The van der Waals surface area contributed by atoms with Crippen LogP contribution < -0.4 is 10.9 Å². The number of rotatable bonds is 2. The van der Waals surface area contributed by atoms with E-state index >= 15 is 0 Å². The van der Waals surface area contributed by atoms with Crippen LogP contribution in [-0.2, 0) is 0 Å². The number of anilines is 1. The Kier molecular flexibility index (Phi) is 2.78. The molecule has 0 fully saturated rings. The molecule has 1 amide bonds. The molecule has 2 heterocycles. The first-order valence-corrected chi connectivity index (χ1v) is 4.99. The molecule has 0 saturated carbocycles. The number of hydrogen-bond acceptors (Lipinski definition) is 4. The fourth-order valence-corrected chi connectivity index (χ4v) is 1.41. The molecule has 0 aliphatic heterocycles. The van der Waals surface area contributed by atoms with E-state index < -0.39 is 5.63 Å². The first kappa shape index (κ1) is 11.1. The van der Waals surface area contributed by atoms with Gasteiger partial charge in [-0.1, -0.05) is 0 Å². The Morgan fingerprint density at radius 2 is 2.18 bits per heavy atom. The summed E-state index contributed by atoms with van der Waals surface area (Å²) in [6, 6.07) is 2.61. The van der Waals surface area contributed by atoms with E-state index in [0.29, 0.717) is 11.4 Å². The highest BCUT2D eigenvalue weighted by atomic mass is 16.4. The summed E-state index contributed by atoms with van der Waals surface area (Å²) in [6.07, 6.45) is 1.13. The monoisotopic (exact) mass is 233 g/mol. The number of nitrogens with zero attached hydrogens (tertiary/aromatic N) is 1. The molecule has 0 aliphatic carbocycles. The topological polar surface area (TPSA) is 88.0 Å². The third kappa shape index (κ3) is 2.25. The molecular formula is C11H11N3O3. The van der Waals surface area contributed by atoms with Gasteiger partial charge in [0.1, 0.15) is 6.26 Å². The number of amides is 1.